The predicted molar refractivity (Wildman–Crippen MR) is 122 cm³/mol. The Morgan fingerprint density at radius 3 is 2.24 bits per heavy atom. The Labute approximate surface area is 197 Å². The molecule has 0 unspecified atom stereocenters. The summed E-state index contributed by atoms with van der Waals surface area (Å²) in [5, 5.41) is 10.0. The lowest BCUT2D eigenvalue weighted by Gasteiger charge is -2.17. The predicted octanol–water partition coefficient (Wildman–Crippen LogP) is 3.76. The fourth-order valence-corrected chi connectivity index (χ4v) is 3.52. The first-order valence-corrected chi connectivity index (χ1v) is 10.5. The minimum Gasteiger partial charge on any atom is -0.497 e. The van der Waals surface area contributed by atoms with Gasteiger partial charge in [-0.15, -0.1) is 0 Å². The number of benzene rings is 2. The summed E-state index contributed by atoms with van der Waals surface area (Å²) in [6.07, 6.45) is 1.42. The molecular formula is C25H26O9. The Balaban J connectivity index is 2.16. The highest BCUT2D eigenvalue weighted by Gasteiger charge is 2.29. The van der Waals surface area contributed by atoms with Crippen LogP contribution in [0.2, 0.25) is 0 Å². The third kappa shape index (κ3) is 5.32. The highest BCUT2D eigenvalue weighted by Crippen LogP contribution is 2.39. The number of ether oxygens (including phenoxy) is 4. The zero-order chi connectivity index (χ0) is 24.7. The quantitative estimate of drug-likeness (QED) is 0.298. The molecule has 0 saturated carbocycles. The van der Waals surface area contributed by atoms with Crippen molar-refractivity contribution in [1.29, 1.82) is 0 Å². The Morgan fingerprint density at radius 1 is 1.00 bits per heavy atom. The molecule has 1 heterocycles. The van der Waals surface area contributed by atoms with Gasteiger partial charge in [-0.05, 0) is 55.0 Å². The van der Waals surface area contributed by atoms with Gasteiger partial charge in [0.2, 0.25) is 5.75 Å². The first-order chi connectivity index (χ1) is 16.4. The second-order valence-electron chi connectivity index (χ2n) is 7.09. The molecular weight excluding hydrogens is 444 g/mol. The van der Waals surface area contributed by atoms with Gasteiger partial charge >= 0.3 is 5.97 Å². The average Bonchev–Trinajstić information content (AvgIpc) is 3.37. The van der Waals surface area contributed by atoms with Crippen LogP contribution in [0.1, 0.15) is 22.8 Å². The second kappa shape index (κ2) is 11.2. The molecule has 3 rings (SSSR count). The molecule has 180 valence electrons. The Morgan fingerprint density at radius 2 is 1.71 bits per heavy atom. The number of carboxylic acid groups (broad SMARTS) is 1. The van der Waals surface area contributed by atoms with Crippen LogP contribution in [-0.4, -0.2) is 51.4 Å². The zero-order valence-electron chi connectivity index (χ0n) is 19.4. The molecule has 1 aliphatic heterocycles. The molecule has 0 bridgehead atoms. The number of carbonyl (C=O) groups is 2. The Bertz CT molecular complexity index is 1110. The lowest BCUT2D eigenvalue weighted by atomic mass is 9.91. The topological polar surface area (TPSA) is 110 Å². The summed E-state index contributed by atoms with van der Waals surface area (Å²) in [5.74, 6) is -0.0765. The number of methoxy groups -OCH3 is 3. The molecule has 2 aromatic carbocycles. The summed E-state index contributed by atoms with van der Waals surface area (Å²) in [6.45, 7) is 2.26. The van der Waals surface area contributed by atoms with E-state index in [2.05, 4.69) is 0 Å². The van der Waals surface area contributed by atoms with Crippen molar-refractivity contribution in [2.75, 3.05) is 34.5 Å². The molecule has 0 saturated heterocycles. The summed E-state index contributed by atoms with van der Waals surface area (Å²) in [7, 11) is 4.49. The molecule has 1 N–H and O–H groups in total. The molecule has 0 fully saturated rings. The fraction of sp³-hybridized carbons (Fsp3) is 0.280. The summed E-state index contributed by atoms with van der Waals surface area (Å²) in [4.78, 5) is 35.7. The SMILES string of the molecule is CCOc1cc(CC(C(=O)c2ccc(OC)cc2)=C(C(=O)O)C2=CCOO2)cc(OC)c1OC. The van der Waals surface area contributed by atoms with Crippen molar-refractivity contribution in [2.24, 2.45) is 0 Å². The lowest BCUT2D eigenvalue weighted by molar-refractivity contribution is -0.231. The molecule has 1 aliphatic rings. The third-order valence-electron chi connectivity index (χ3n) is 5.06. The first kappa shape index (κ1) is 24.7. The molecule has 0 amide bonds. The van der Waals surface area contributed by atoms with E-state index in [-0.39, 0.29) is 29.9 Å². The van der Waals surface area contributed by atoms with Gasteiger partial charge in [0.1, 0.15) is 17.9 Å². The maximum absolute atomic E-state index is 13.6. The molecule has 0 atom stereocenters. The van der Waals surface area contributed by atoms with Crippen LogP contribution in [0.4, 0.5) is 0 Å². The Hall–Kier alpha value is -3.98. The number of hydrogen-bond acceptors (Lipinski definition) is 8. The van der Waals surface area contributed by atoms with Crippen LogP contribution in [-0.2, 0) is 21.0 Å². The van der Waals surface area contributed by atoms with Crippen molar-refractivity contribution in [1.82, 2.24) is 0 Å². The number of aliphatic carboxylic acids is 1. The van der Waals surface area contributed by atoms with Gasteiger partial charge in [0.15, 0.2) is 23.0 Å². The number of ketones is 1. The van der Waals surface area contributed by atoms with Crippen LogP contribution in [0.15, 0.2) is 59.4 Å². The number of carboxylic acids is 1. The van der Waals surface area contributed by atoms with Crippen LogP contribution >= 0.6 is 0 Å². The summed E-state index contributed by atoms with van der Waals surface area (Å²) in [6, 6.07) is 9.75. The maximum Gasteiger partial charge on any atom is 0.340 e. The van der Waals surface area contributed by atoms with E-state index in [0.29, 0.717) is 40.7 Å². The van der Waals surface area contributed by atoms with Gasteiger partial charge in [0, 0.05) is 17.6 Å². The molecule has 34 heavy (non-hydrogen) atoms. The lowest BCUT2D eigenvalue weighted by Crippen LogP contribution is -2.16. The number of hydrogen-bond donors (Lipinski definition) is 1. The highest BCUT2D eigenvalue weighted by molar-refractivity contribution is 6.14. The Kier molecular flexibility index (Phi) is 8.15. The standard InChI is InChI=1S/C25H26O9/c1-5-32-21-14-15(13-20(30-3)24(21)31-4)12-18(22(25(27)28)19-10-11-33-34-19)23(26)16-6-8-17(29-2)9-7-16/h6-10,13-14H,5,11-12H2,1-4H3,(H,27,28). The van der Waals surface area contributed by atoms with E-state index in [0.717, 1.165) is 0 Å². The smallest absolute Gasteiger partial charge is 0.340 e. The maximum atomic E-state index is 13.6. The van der Waals surface area contributed by atoms with E-state index < -0.39 is 11.8 Å². The van der Waals surface area contributed by atoms with E-state index in [1.54, 1.807) is 36.4 Å². The monoisotopic (exact) mass is 470 g/mol. The minimum atomic E-state index is -1.32. The number of allylic oxidation sites excluding steroid dienone is 1. The van der Waals surface area contributed by atoms with Gasteiger partial charge in [0.25, 0.3) is 0 Å². The molecule has 0 aliphatic carbocycles. The van der Waals surface area contributed by atoms with E-state index in [1.165, 1.54) is 27.4 Å². The van der Waals surface area contributed by atoms with E-state index >= 15 is 0 Å². The first-order valence-electron chi connectivity index (χ1n) is 10.5. The highest BCUT2D eigenvalue weighted by atomic mass is 17.2. The average molecular weight is 470 g/mol. The van der Waals surface area contributed by atoms with E-state index in [1.807, 2.05) is 6.92 Å². The van der Waals surface area contributed by atoms with Crippen molar-refractivity contribution in [3.8, 4) is 23.0 Å². The van der Waals surface area contributed by atoms with Crippen molar-refractivity contribution < 1.29 is 43.4 Å². The van der Waals surface area contributed by atoms with Gasteiger partial charge in [0.05, 0.1) is 27.9 Å². The minimum absolute atomic E-state index is 0.00378. The molecule has 2 aromatic rings. The van der Waals surface area contributed by atoms with Crippen molar-refractivity contribution in [3.05, 3.63) is 70.5 Å². The van der Waals surface area contributed by atoms with Crippen LogP contribution in [0, 0.1) is 0 Å². The third-order valence-corrected chi connectivity index (χ3v) is 5.06. The number of carbonyl (C=O) groups excluding carboxylic acids is 1. The largest absolute Gasteiger partial charge is 0.497 e. The van der Waals surface area contributed by atoms with Gasteiger partial charge < -0.3 is 28.9 Å². The molecule has 9 heteroatoms. The molecule has 0 aromatic heterocycles. The molecule has 0 radical (unpaired) electrons. The summed E-state index contributed by atoms with van der Waals surface area (Å²) in [5.41, 5.74) is 0.589. The van der Waals surface area contributed by atoms with Gasteiger partial charge in [-0.25, -0.2) is 4.79 Å². The van der Waals surface area contributed by atoms with Gasteiger partial charge in [-0.1, -0.05) is 0 Å². The summed E-state index contributed by atoms with van der Waals surface area (Å²) < 4.78 is 21.7. The zero-order valence-corrected chi connectivity index (χ0v) is 19.4. The fourth-order valence-electron chi connectivity index (χ4n) is 3.52. The molecule has 9 nitrogen and oxygen atoms in total. The van der Waals surface area contributed by atoms with Crippen molar-refractivity contribution >= 4 is 11.8 Å². The van der Waals surface area contributed by atoms with Crippen molar-refractivity contribution in [2.45, 2.75) is 13.3 Å². The van der Waals surface area contributed by atoms with Crippen LogP contribution in [0.5, 0.6) is 23.0 Å². The van der Waals surface area contributed by atoms with E-state index in [4.69, 9.17) is 28.7 Å². The molecule has 0 spiro atoms. The van der Waals surface area contributed by atoms with Gasteiger partial charge in [-0.3, -0.25) is 4.79 Å². The van der Waals surface area contributed by atoms with Crippen LogP contribution in [0.3, 0.4) is 0 Å². The summed E-state index contributed by atoms with van der Waals surface area (Å²) >= 11 is 0. The normalized spacial score (nSPS) is 13.4. The van der Waals surface area contributed by atoms with Crippen molar-refractivity contribution in [3.63, 3.8) is 0 Å². The number of Topliss-reactive ketones (excluding diaryl/α,β-unsaturated/α-hetero) is 1. The van der Waals surface area contributed by atoms with Crippen LogP contribution in [0.25, 0.3) is 0 Å². The van der Waals surface area contributed by atoms with Gasteiger partial charge in [-0.2, -0.15) is 4.89 Å². The number of rotatable bonds is 11. The second-order valence-corrected chi connectivity index (χ2v) is 7.09. The van der Waals surface area contributed by atoms with Crippen LogP contribution < -0.4 is 18.9 Å². The van der Waals surface area contributed by atoms with E-state index in [9.17, 15) is 14.7 Å².